The Hall–Kier alpha value is -2.86. The Bertz CT molecular complexity index is 778. The van der Waals surface area contributed by atoms with E-state index in [1.54, 1.807) is 31.2 Å². The molecule has 0 saturated heterocycles. The van der Waals surface area contributed by atoms with E-state index in [-0.39, 0.29) is 17.5 Å². The SMILES string of the molecule is C=C/C(N)=C\C=C/C(C)C(=O)c1sc(Nc2ccccc2)nc1N. The van der Waals surface area contributed by atoms with Crippen LogP contribution >= 0.6 is 11.3 Å². The van der Waals surface area contributed by atoms with Gasteiger partial charge in [0.05, 0.1) is 0 Å². The van der Waals surface area contributed by atoms with Crippen molar-refractivity contribution in [1.82, 2.24) is 4.98 Å². The minimum Gasteiger partial charge on any atom is -0.399 e. The lowest BCUT2D eigenvalue weighted by atomic mass is 10.0. The van der Waals surface area contributed by atoms with E-state index in [0.29, 0.717) is 15.7 Å². The summed E-state index contributed by atoms with van der Waals surface area (Å²) in [5, 5.41) is 3.74. The zero-order valence-electron chi connectivity index (χ0n) is 13.4. The van der Waals surface area contributed by atoms with E-state index in [4.69, 9.17) is 11.5 Å². The number of hydrogen-bond acceptors (Lipinski definition) is 6. The molecule has 0 aliphatic rings. The van der Waals surface area contributed by atoms with Crippen molar-refractivity contribution >= 4 is 33.8 Å². The molecule has 1 unspecified atom stereocenters. The molecule has 5 N–H and O–H groups in total. The van der Waals surface area contributed by atoms with Crippen molar-refractivity contribution in [3.05, 3.63) is 71.8 Å². The molecule has 0 fully saturated rings. The predicted octanol–water partition coefficient (Wildman–Crippen LogP) is 3.87. The van der Waals surface area contributed by atoms with Crippen LogP contribution in [0.5, 0.6) is 0 Å². The predicted molar refractivity (Wildman–Crippen MR) is 101 cm³/mol. The lowest BCUT2D eigenvalue weighted by Gasteiger charge is -2.03. The summed E-state index contributed by atoms with van der Waals surface area (Å²) in [4.78, 5) is 17.2. The molecule has 0 radical (unpaired) electrons. The van der Waals surface area contributed by atoms with E-state index >= 15 is 0 Å². The molecular weight excluding hydrogens is 320 g/mol. The van der Waals surface area contributed by atoms with Crippen molar-refractivity contribution in [3.63, 3.8) is 0 Å². The first-order chi connectivity index (χ1) is 11.5. The summed E-state index contributed by atoms with van der Waals surface area (Å²) < 4.78 is 0. The number of para-hydroxylation sites is 1. The Balaban J connectivity index is 2.11. The maximum absolute atomic E-state index is 12.5. The van der Waals surface area contributed by atoms with Gasteiger partial charge in [0.1, 0.15) is 10.7 Å². The molecule has 0 spiro atoms. The number of nitrogens with zero attached hydrogens (tertiary/aromatic N) is 1. The molecule has 1 aromatic carbocycles. The largest absolute Gasteiger partial charge is 0.399 e. The maximum atomic E-state index is 12.5. The van der Waals surface area contributed by atoms with Crippen LogP contribution in [0.4, 0.5) is 16.6 Å². The Kier molecular flexibility index (Phi) is 5.92. The molecule has 0 bridgehead atoms. The quantitative estimate of drug-likeness (QED) is 0.525. The first kappa shape index (κ1) is 17.5. The minimum atomic E-state index is -0.328. The van der Waals surface area contributed by atoms with Gasteiger partial charge < -0.3 is 16.8 Å². The Labute approximate surface area is 145 Å². The van der Waals surface area contributed by atoms with Crippen molar-refractivity contribution < 1.29 is 4.79 Å². The number of nitrogen functional groups attached to an aromatic ring is 1. The molecule has 6 heteroatoms. The van der Waals surface area contributed by atoms with Crippen molar-refractivity contribution in [2.24, 2.45) is 11.7 Å². The summed E-state index contributed by atoms with van der Waals surface area (Å²) in [5.74, 6) is -0.163. The highest BCUT2D eigenvalue weighted by molar-refractivity contribution is 7.18. The van der Waals surface area contributed by atoms with Crippen LogP contribution in [-0.2, 0) is 0 Å². The van der Waals surface area contributed by atoms with Crippen LogP contribution in [0.15, 0.2) is 66.9 Å². The average Bonchev–Trinajstić information content (AvgIpc) is 2.94. The van der Waals surface area contributed by atoms with Crippen LogP contribution in [0.2, 0.25) is 0 Å². The second kappa shape index (κ2) is 8.12. The van der Waals surface area contributed by atoms with Crippen molar-refractivity contribution in [1.29, 1.82) is 0 Å². The Morgan fingerprint density at radius 3 is 2.75 bits per heavy atom. The minimum absolute atomic E-state index is 0.0760. The number of hydrogen-bond donors (Lipinski definition) is 3. The average molecular weight is 340 g/mol. The number of thiazole rings is 1. The van der Waals surface area contributed by atoms with Gasteiger partial charge >= 0.3 is 0 Å². The highest BCUT2D eigenvalue weighted by Crippen LogP contribution is 2.29. The summed E-state index contributed by atoms with van der Waals surface area (Å²) >= 11 is 1.25. The second-order valence-electron chi connectivity index (χ2n) is 5.13. The smallest absolute Gasteiger partial charge is 0.189 e. The van der Waals surface area contributed by atoms with Crippen LogP contribution in [0, 0.1) is 5.92 Å². The van der Waals surface area contributed by atoms with Gasteiger partial charge in [-0.05, 0) is 24.3 Å². The van der Waals surface area contributed by atoms with Crippen molar-refractivity contribution in [3.8, 4) is 0 Å². The van der Waals surface area contributed by atoms with Gasteiger partial charge in [0.2, 0.25) is 0 Å². The first-order valence-corrected chi connectivity index (χ1v) is 8.22. The third-order valence-corrected chi connectivity index (χ3v) is 4.24. The van der Waals surface area contributed by atoms with Gasteiger partial charge in [-0.15, -0.1) is 0 Å². The van der Waals surface area contributed by atoms with Crippen molar-refractivity contribution in [2.45, 2.75) is 6.92 Å². The molecule has 1 atom stereocenters. The lowest BCUT2D eigenvalue weighted by Crippen LogP contribution is -2.09. The monoisotopic (exact) mass is 340 g/mol. The molecule has 0 saturated carbocycles. The molecule has 2 rings (SSSR count). The van der Waals surface area contributed by atoms with Crippen molar-refractivity contribution in [2.75, 3.05) is 11.1 Å². The molecule has 0 aliphatic carbocycles. The number of Topliss-reactive ketones (excluding diaryl/α,β-unsaturated/α-hetero) is 1. The lowest BCUT2D eigenvalue weighted by molar-refractivity contribution is 0.0958. The molecule has 24 heavy (non-hydrogen) atoms. The molecule has 124 valence electrons. The van der Waals surface area contributed by atoms with Crippen LogP contribution in [0.25, 0.3) is 0 Å². The number of rotatable bonds is 7. The standard InChI is InChI=1S/C18H20N4OS/c1-3-13(19)9-7-8-12(2)15(23)16-17(20)22-18(24-16)21-14-10-5-4-6-11-14/h3-12H,1,19-20H2,2H3,(H,21,22)/b8-7-,13-9+. The van der Waals surface area contributed by atoms with E-state index in [1.165, 1.54) is 11.3 Å². The Morgan fingerprint density at radius 1 is 1.38 bits per heavy atom. The van der Waals surface area contributed by atoms with E-state index in [2.05, 4.69) is 16.9 Å². The summed E-state index contributed by atoms with van der Waals surface area (Å²) in [6.07, 6.45) is 6.73. The van der Waals surface area contributed by atoms with E-state index in [0.717, 1.165) is 5.69 Å². The zero-order chi connectivity index (χ0) is 17.5. The summed E-state index contributed by atoms with van der Waals surface area (Å²) in [6.45, 7) is 5.37. The number of anilines is 3. The number of allylic oxidation sites excluding steroid dienone is 4. The van der Waals surface area contributed by atoms with Crippen LogP contribution in [0.3, 0.4) is 0 Å². The molecule has 0 aliphatic heterocycles. The van der Waals surface area contributed by atoms with Gasteiger partial charge in [0.15, 0.2) is 10.9 Å². The number of ketones is 1. The molecule has 0 amide bonds. The van der Waals surface area contributed by atoms with Crippen LogP contribution in [-0.4, -0.2) is 10.8 Å². The number of nitrogens with one attached hydrogen (secondary N) is 1. The van der Waals surface area contributed by atoms with Gasteiger partial charge in [-0.1, -0.05) is 55.2 Å². The topological polar surface area (TPSA) is 94.0 Å². The summed E-state index contributed by atoms with van der Waals surface area (Å²) in [6, 6.07) is 9.60. The normalized spacial score (nSPS) is 13.0. The summed E-state index contributed by atoms with van der Waals surface area (Å²) in [5.41, 5.74) is 13.0. The Morgan fingerprint density at radius 2 is 2.08 bits per heavy atom. The van der Waals surface area contributed by atoms with Crippen LogP contribution in [0.1, 0.15) is 16.6 Å². The highest BCUT2D eigenvalue weighted by Gasteiger charge is 2.20. The van der Waals surface area contributed by atoms with Gasteiger partial charge in [0.25, 0.3) is 0 Å². The van der Waals surface area contributed by atoms with Crippen LogP contribution < -0.4 is 16.8 Å². The molecule has 1 aromatic heterocycles. The molecule has 5 nitrogen and oxygen atoms in total. The fraction of sp³-hybridized carbons (Fsp3) is 0.111. The van der Waals surface area contributed by atoms with Gasteiger partial charge in [-0.3, -0.25) is 4.79 Å². The fourth-order valence-corrected chi connectivity index (χ4v) is 2.85. The first-order valence-electron chi connectivity index (χ1n) is 7.40. The molecular formula is C18H20N4OS. The third kappa shape index (κ3) is 4.57. The highest BCUT2D eigenvalue weighted by atomic mass is 32.1. The number of aromatic nitrogens is 1. The van der Waals surface area contributed by atoms with E-state index in [1.807, 2.05) is 30.3 Å². The van der Waals surface area contributed by atoms with E-state index < -0.39 is 0 Å². The van der Waals surface area contributed by atoms with Gasteiger partial charge in [-0.25, -0.2) is 4.98 Å². The maximum Gasteiger partial charge on any atom is 0.189 e. The van der Waals surface area contributed by atoms with E-state index in [9.17, 15) is 4.79 Å². The number of carbonyl (C=O) groups excluding carboxylic acids is 1. The summed E-state index contributed by atoms with van der Waals surface area (Å²) in [7, 11) is 0. The zero-order valence-corrected chi connectivity index (χ0v) is 14.2. The fourth-order valence-electron chi connectivity index (χ4n) is 1.90. The molecule has 2 aromatic rings. The number of carbonyl (C=O) groups is 1. The second-order valence-corrected chi connectivity index (χ2v) is 6.13. The number of nitrogens with two attached hydrogens (primary N) is 2. The number of benzene rings is 1. The third-order valence-electron chi connectivity index (χ3n) is 3.24. The van der Waals surface area contributed by atoms with Gasteiger partial charge in [0, 0.05) is 17.3 Å². The molecule has 1 heterocycles. The van der Waals surface area contributed by atoms with Gasteiger partial charge in [-0.2, -0.15) is 0 Å².